The summed E-state index contributed by atoms with van der Waals surface area (Å²) < 4.78 is 10.0. The Labute approximate surface area is 104 Å². The number of benzene rings is 1. The highest BCUT2D eigenvalue weighted by atomic mass is 16.5. The highest BCUT2D eigenvalue weighted by Gasteiger charge is 2.12. The Morgan fingerprint density at radius 3 is 2.78 bits per heavy atom. The summed E-state index contributed by atoms with van der Waals surface area (Å²) in [6.45, 7) is 0. The Kier molecular flexibility index (Phi) is 3.43. The third kappa shape index (κ3) is 2.57. The van der Waals surface area contributed by atoms with Crippen LogP contribution in [0.3, 0.4) is 0 Å². The van der Waals surface area contributed by atoms with Gasteiger partial charge in [-0.1, -0.05) is 0 Å². The first-order chi connectivity index (χ1) is 8.70. The van der Waals surface area contributed by atoms with Gasteiger partial charge in [-0.2, -0.15) is 0 Å². The average Bonchev–Trinajstić information content (AvgIpc) is 2.41. The molecule has 5 nitrogen and oxygen atoms in total. The van der Waals surface area contributed by atoms with Gasteiger partial charge >= 0.3 is 5.97 Å². The maximum Gasteiger partial charge on any atom is 0.341 e. The van der Waals surface area contributed by atoms with E-state index in [1.807, 2.05) is 0 Å². The Hall–Kier alpha value is -2.56. The van der Waals surface area contributed by atoms with Gasteiger partial charge in [0.2, 0.25) is 0 Å². The normalized spacial score (nSPS) is 9.83. The second-order valence-corrected chi connectivity index (χ2v) is 3.46. The third-order valence-corrected chi connectivity index (χ3v) is 2.24. The van der Waals surface area contributed by atoms with E-state index >= 15 is 0 Å². The number of aromatic hydroxyl groups is 1. The first-order valence-corrected chi connectivity index (χ1v) is 5.20. The summed E-state index contributed by atoms with van der Waals surface area (Å²) in [6.07, 6.45) is 3.17. The predicted molar refractivity (Wildman–Crippen MR) is 63.8 cm³/mol. The molecule has 0 aliphatic heterocycles. The van der Waals surface area contributed by atoms with E-state index in [9.17, 15) is 9.90 Å². The lowest BCUT2D eigenvalue weighted by atomic mass is 10.2. The Morgan fingerprint density at radius 2 is 2.11 bits per heavy atom. The van der Waals surface area contributed by atoms with Crippen molar-refractivity contribution in [2.24, 2.45) is 0 Å². The minimum atomic E-state index is -0.621. The molecule has 0 aliphatic rings. The molecule has 0 bridgehead atoms. The van der Waals surface area contributed by atoms with E-state index in [1.165, 1.54) is 19.2 Å². The van der Waals surface area contributed by atoms with Crippen molar-refractivity contribution in [2.75, 3.05) is 7.11 Å². The van der Waals surface area contributed by atoms with Gasteiger partial charge in [0.1, 0.15) is 22.8 Å². The molecule has 0 saturated carbocycles. The van der Waals surface area contributed by atoms with Gasteiger partial charge in [0.25, 0.3) is 0 Å². The Morgan fingerprint density at radius 1 is 1.28 bits per heavy atom. The summed E-state index contributed by atoms with van der Waals surface area (Å²) >= 11 is 0. The van der Waals surface area contributed by atoms with Gasteiger partial charge in [-0.05, 0) is 30.3 Å². The maximum atomic E-state index is 11.4. The Bertz CT molecular complexity index is 554. The molecule has 1 aromatic carbocycles. The van der Waals surface area contributed by atoms with Gasteiger partial charge in [-0.15, -0.1) is 0 Å². The zero-order valence-electron chi connectivity index (χ0n) is 9.66. The lowest BCUT2D eigenvalue weighted by molar-refractivity contribution is 0.0597. The molecule has 18 heavy (non-hydrogen) atoms. The smallest absolute Gasteiger partial charge is 0.341 e. The summed E-state index contributed by atoms with van der Waals surface area (Å²) in [4.78, 5) is 15.3. The predicted octanol–water partition coefficient (Wildman–Crippen LogP) is 2.37. The van der Waals surface area contributed by atoms with Crippen LogP contribution in [0.2, 0.25) is 0 Å². The monoisotopic (exact) mass is 245 g/mol. The van der Waals surface area contributed by atoms with Crippen molar-refractivity contribution < 1.29 is 19.4 Å². The van der Waals surface area contributed by atoms with Gasteiger partial charge in [0.05, 0.1) is 13.3 Å². The molecule has 0 radical (unpaired) electrons. The van der Waals surface area contributed by atoms with Gasteiger partial charge in [0.15, 0.2) is 0 Å². The summed E-state index contributed by atoms with van der Waals surface area (Å²) in [5.41, 5.74) is 0.0545. The molecule has 0 fully saturated rings. The number of ether oxygens (including phenoxy) is 2. The van der Waals surface area contributed by atoms with E-state index < -0.39 is 5.97 Å². The fourth-order valence-corrected chi connectivity index (χ4v) is 1.40. The summed E-state index contributed by atoms with van der Waals surface area (Å²) in [5, 5.41) is 9.53. The quantitative estimate of drug-likeness (QED) is 0.841. The fourth-order valence-electron chi connectivity index (χ4n) is 1.40. The summed E-state index contributed by atoms with van der Waals surface area (Å²) in [7, 11) is 1.25. The molecule has 1 aromatic heterocycles. The van der Waals surface area contributed by atoms with Crippen molar-refractivity contribution in [2.45, 2.75) is 0 Å². The second-order valence-electron chi connectivity index (χ2n) is 3.46. The van der Waals surface area contributed by atoms with Crippen LogP contribution in [0.15, 0.2) is 42.7 Å². The van der Waals surface area contributed by atoms with E-state index in [1.54, 1.807) is 30.6 Å². The number of rotatable bonds is 3. The lowest BCUT2D eigenvalue weighted by Gasteiger charge is -2.07. The number of phenols is 1. The Balaban J connectivity index is 2.27. The van der Waals surface area contributed by atoms with Crippen molar-refractivity contribution in [1.29, 1.82) is 0 Å². The number of pyridine rings is 1. The van der Waals surface area contributed by atoms with Crippen LogP contribution >= 0.6 is 0 Å². The minimum Gasteiger partial charge on any atom is -0.507 e. The highest BCUT2D eigenvalue weighted by Crippen LogP contribution is 2.27. The number of esters is 1. The molecule has 1 N–H and O–H groups in total. The van der Waals surface area contributed by atoms with Crippen molar-refractivity contribution in [1.82, 2.24) is 4.98 Å². The zero-order chi connectivity index (χ0) is 13.0. The molecule has 2 rings (SSSR count). The van der Waals surface area contributed by atoms with E-state index in [-0.39, 0.29) is 11.3 Å². The summed E-state index contributed by atoms with van der Waals surface area (Å²) in [6, 6.07) is 7.80. The van der Waals surface area contributed by atoms with Crippen LogP contribution in [0, 0.1) is 0 Å². The van der Waals surface area contributed by atoms with Gasteiger partial charge in [-0.3, -0.25) is 4.98 Å². The van der Waals surface area contributed by atoms with E-state index in [2.05, 4.69) is 9.72 Å². The van der Waals surface area contributed by atoms with Crippen molar-refractivity contribution in [3.05, 3.63) is 48.3 Å². The van der Waals surface area contributed by atoms with Crippen LogP contribution in [-0.2, 0) is 4.74 Å². The molecule has 92 valence electrons. The van der Waals surface area contributed by atoms with Crippen LogP contribution < -0.4 is 4.74 Å². The number of hydrogen-bond acceptors (Lipinski definition) is 5. The van der Waals surface area contributed by atoms with Crippen LogP contribution in [0.4, 0.5) is 0 Å². The standard InChI is InChI=1S/C13H11NO4/c1-17-13(16)11-7-9(4-5-12(11)15)18-10-3-2-6-14-8-10/h2-8,15H,1H3. The fraction of sp³-hybridized carbons (Fsp3) is 0.0769. The van der Waals surface area contributed by atoms with Crippen LogP contribution in [-0.4, -0.2) is 23.2 Å². The molecule has 5 heteroatoms. The number of aromatic nitrogens is 1. The molecule has 0 saturated heterocycles. The molecular weight excluding hydrogens is 234 g/mol. The minimum absolute atomic E-state index is 0.0545. The second kappa shape index (κ2) is 5.18. The number of hydrogen-bond donors (Lipinski definition) is 1. The van der Waals surface area contributed by atoms with Gasteiger partial charge in [0, 0.05) is 6.20 Å². The maximum absolute atomic E-state index is 11.4. The SMILES string of the molecule is COC(=O)c1cc(Oc2cccnc2)ccc1O. The lowest BCUT2D eigenvalue weighted by Crippen LogP contribution is -2.01. The number of carbonyl (C=O) groups excluding carboxylic acids is 1. The number of nitrogens with zero attached hydrogens (tertiary/aromatic N) is 1. The van der Waals surface area contributed by atoms with Gasteiger partial charge < -0.3 is 14.6 Å². The first-order valence-electron chi connectivity index (χ1n) is 5.20. The number of phenolic OH excluding ortho intramolecular Hbond substituents is 1. The molecule has 0 spiro atoms. The number of methoxy groups -OCH3 is 1. The average molecular weight is 245 g/mol. The van der Waals surface area contributed by atoms with Crippen LogP contribution in [0.25, 0.3) is 0 Å². The van der Waals surface area contributed by atoms with E-state index in [0.717, 1.165) is 0 Å². The van der Waals surface area contributed by atoms with E-state index in [0.29, 0.717) is 11.5 Å². The molecule has 0 amide bonds. The molecule has 0 aliphatic carbocycles. The topological polar surface area (TPSA) is 68.7 Å². The molecule has 0 atom stereocenters. The summed E-state index contributed by atoms with van der Waals surface area (Å²) in [5.74, 6) is 0.185. The van der Waals surface area contributed by atoms with Crippen molar-refractivity contribution >= 4 is 5.97 Å². The molecule has 2 aromatic rings. The largest absolute Gasteiger partial charge is 0.507 e. The third-order valence-electron chi connectivity index (χ3n) is 2.24. The van der Waals surface area contributed by atoms with Crippen molar-refractivity contribution in [3.63, 3.8) is 0 Å². The zero-order valence-corrected chi connectivity index (χ0v) is 9.66. The molecular formula is C13H11NO4. The van der Waals surface area contributed by atoms with Crippen molar-refractivity contribution in [3.8, 4) is 17.2 Å². The van der Waals surface area contributed by atoms with Crippen LogP contribution in [0.5, 0.6) is 17.2 Å². The van der Waals surface area contributed by atoms with E-state index in [4.69, 9.17) is 4.74 Å². The first kappa shape index (κ1) is 11.9. The van der Waals surface area contributed by atoms with Gasteiger partial charge in [-0.25, -0.2) is 4.79 Å². The highest BCUT2D eigenvalue weighted by molar-refractivity contribution is 5.92. The molecule has 0 unspecified atom stereocenters. The van der Waals surface area contributed by atoms with Crippen LogP contribution in [0.1, 0.15) is 10.4 Å². The number of carbonyl (C=O) groups is 1. The molecule has 1 heterocycles.